The molecule has 1 rings (SSSR count). The normalized spacial score (nSPS) is 12.1. The minimum atomic E-state index is 0.232. The first-order chi connectivity index (χ1) is 9.07. The number of aryl methyl sites for hydroxylation is 1. The lowest BCUT2D eigenvalue weighted by atomic mass is 9.93. The van der Waals surface area contributed by atoms with Crippen LogP contribution in [0.2, 0.25) is 0 Å². The van der Waals surface area contributed by atoms with E-state index in [1.54, 1.807) is 0 Å². The average molecular weight is 262 g/mol. The summed E-state index contributed by atoms with van der Waals surface area (Å²) in [5.74, 6) is 0. The van der Waals surface area contributed by atoms with Crippen molar-refractivity contribution in [1.82, 2.24) is 4.90 Å². The van der Waals surface area contributed by atoms with E-state index in [1.165, 1.54) is 31.4 Å². The number of rotatable bonds is 9. The molecule has 2 nitrogen and oxygen atoms in total. The Labute approximate surface area is 119 Å². The van der Waals surface area contributed by atoms with Crippen LogP contribution in [-0.2, 0) is 6.42 Å². The Morgan fingerprint density at radius 2 is 1.79 bits per heavy atom. The van der Waals surface area contributed by atoms with E-state index in [1.807, 2.05) is 0 Å². The van der Waals surface area contributed by atoms with Gasteiger partial charge in [-0.1, -0.05) is 51.1 Å². The van der Waals surface area contributed by atoms with Crippen LogP contribution in [-0.4, -0.2) is 31.1 Å². The van der Waals surface area contributed by atoms with Crippen molar-refractivity contribution in [2.45, 2.75) is 40.0 Å². The van der Waals surface area contributed by atoms with Gasteiger partial charge in [-0.2, -0.15) is 0 Å². The van der Waals surface area contributed by atoms with Crippen molar-refractivity contribution in [2.75, 3.05) is 26.2 Å². The molecule has 0 aliphatic carbocycles. The number of hydrogen-bond donors (Lipinski definition) is 1. The lowest BCUT2D eigenvalue weighted by molar-refractivity contribution is 0.187. The molecule has 0 heterocycles. The maximum atomic E-state index is 5.81. The molecule has 0 spiro atoms. The van der Waals surface area contributed by atoms with Crippen LogP contribution in [0.5, 0.6) is 0 Å². The fraction of sp³-hybridized carbons (Fsp3) is 0.647. The number of nitrogens with two attached hydrogens (primary N) is 1. The monoisotopic (exact) mass is 262 g/mol. The van der Waals surface area contributed by atoms with E-state index < -0.39 is 0 Å². The quantitative estimate of drug-likeness (QED) is 0.692. The molecule has 2 N–H and O–H groups in total. The predicted octanol–water partition coefficient (Wildman–Crippen LogP) is 3.32. The molecule has 0 aromatic heterocycles. The molecule has 0 saturated carbocycles. The fourth-order valence-electron chi connectivity index (χ4n) is 2.33. The van der Waals surface area contributed by atoms with Gasteiger partial charge >= 0.3 is 0 Å². The molecule has 0 amide bonds. The van der Waals surface area contributed by atoms with E-state index in [9.17, 15) is 0 Å². The van der Waals surface area contributed by atoms with Crippen LogP contribution >= 0.6 is 0 Å². The van der Waals surface area contributed by atoms with Crippen molar-refractivity contribution in [3.8, 4) is 0 Å². The van der Waals surface area contributed by atoms with Gasteiger partial charge in [0.05, 0.1) is 0 Å². The summed E-state index contributed by atoms with van der Waals surface area (Å²) in [6.07, 6.45) is 3.73. The smallest absolute Gasteiger partial charge is 0.00446 e. The first-order valence-corrected chi connectivity index (χ1v) is 7.54. The minimum Gasteiger partial charge on any atom is -0.330 e. The van der Waals surface area contributed by atoms with E-state index in [-0.39, 0.29) is 5.41 Å². The molecule has 19 heavy (non-hydrogen) atoms. The Morgan fingerprint density at radius 1 is 1.11 bits per heavy atom. The standard InChI is InChI=1S/C17H30N2/c1-4-19(15-17(2,3)14-18)13-9-8-12-16-10-6-5-7-11-16/h5-7,10-11H,4,8-9,12-15,18H2,1-3H3. The zero-order valence-corrected chi connectivity index (χ0v) is 12.9. The van der Waals surface area contributed by atoms with Crippen LogP contribution in [0.3, 0.4) is 0 Å². The maximum Gasteiger partial charge on any atom is 0.00446 e. The molecule has 0 saturated heterocycles. The second-order valence-electron chi connectivity index (χ2n) is 6.18. The summed E-state index contributed by atoms with van der Waals surface area (Å²) in [5.41, 5.74) is 7.50. The number of unbranched alkanes of at least 4 members (excludes halogenated alkanes) is 1. The number of nitrogens with zero attached hydrogens (tertiary/aromatic N) is 1. The molecule has 0 fully saturated rings. The van der Waals surface area contributed by atoms with Crippen LogP contribution in [0.15, 0.2) is 30.3 Å². The van der Waals surface area contributed by atoms with E-state index in [0.717, 1.165) is 19.6 Å². The predicted molar refractivity (Wildman–Crippen MR) is 84.3 cm³/mol. The van der Waals surface area contributed by atoms with Crippen LogP contribution in [0, 0.1) is 5.41 Å². The highest BCUT2D eigenvalue weighted by atomic mass is 15.1. The lowest BCUT2D eigenvalue weighted by Crippen LogP contribution is -2.39. The molecule has 0 radical (unpaired) electrons. The molecular formula is C17H30N2. The van der Waals surface area contributed by atoms with Gasteiger partial charge < -0.3 is 10.6 Å². The molecule has 1 aromatic carbocycles. The summed E-state index contributed by atoms with van der Waals surface area (Å²) in [6, 6.07) is 10.8. The summed E-state index contributed by atoms with van der Waals surface area (Å²) < 4.78 is 0. The fourth-order valence-corrected chi connectivity index (χ4v) is 2.33. The SMILES string of the molecule is CCN(CCCCc1ccccc1)CC(C)(C)CN. The third-order valence-corrected chi connectivity index (χ3v) is 3.68. The van der Waals surface area contributed by atoms with Gasteiger partial charge in [0.25, 0.3) is 0 Å². The summed E-state index contributed by atoms with van der Waals surface area (Å²) in [4.78, 5) is 2.53. The molecule has 0 aliphatic rings. The Balaban J connectivity index is 2.23. The first kappa shape index (κ1) is 16.2. The number of benzene rings is 1. The second kappa shape index (κ2) is 8.34. The molecular weight excluding hydrogens is 232 g/mol. The number of hydrogen-bond acceptors (Lipinski definition) is 2. The van der Waals surface area contributed by atoms with Crippen molar-refractivity contribution in [3.05, 3.63) is 35.9 Å². The van der Waals surface area contributed by atoms with Crippen LogP contribution in [0.4, 0.5) is 0 Å². The van der Waals surface area contributed by atoms with Crippen molar-refractivity contribution < 1.29 is 0 Å². The Kier molecular flexibility index (Phi) is 7.11. The lowest BCUT2D eigenvalue weighted by Gasteiger charge is -2.31. The first-order valence-electron chi connectivity index (χ1n) is 7.54. The highest BCUT2D eigenvalue weighted by Gasteiger charge is 2.18. The highest BCUT2D eigenvalue weighted by molar-refractivity contribution is 5.14. The van der Waals surface area contributed by atoms with Gasteiger partial charge in [0.15, 0.2) is 0 Å². The summed E-state index contributed by atoms with van der Waals surface area (Å²) in [6.45, 7) is 10.9. The molecule has 0 aliphatic heterocycles. The molecule has 108 valence electrons. The average Bonchev–Trinajstić information content (AvgIpc) is 2.43. The summed E-state index contributed by atoms with van der Waals surface area (Å²) in [5, 5.41) is 0. The molecule has 1 aromatic rings. The van der Waals surface area contributed by atoms with Crippen molar-refractivity contribution in [1.29, 1.82) is 0 Å². The van der Waals surface area contributed by atoms with E-state index in [4.69, 9.17) is 5.73 Å². The largest absolute Gasteiger partial charge is 0.330 e. The third kappa shape index (κ3) is 6.74. The van der Waals surface area contributed by atoms with Gasteiger partial charge in [-0.05, 0) is 49.9 Å². The summed E-state index contributed by atoms with van der Waals surface area (Å²) in [7, 11) is 0. The van der Waals surface area contributed by atoms with Gasteiger partial charge in [0, 0.05) is 6.54 Å². The van der Waals surface area contributed by atoms with E-state index in [2.05, 4.69) is 56.0 Å². The Morgan fingerprint density at radius 3 is 2.37 bits per heavy atom. The van der Waals surface area contributed by atoms with Crippen molar-refractivity contribution >= 4 is 0 Å². The van der Waals surface area contributed by atoms with Crippen LogP contribution < -0.4 is 5.73 Å². The highest BCUT2D eigenvalue weighted by Crippen LogP contribution is 2.15. The minimum absolute atomic E-state index is 0.232. The zero-order chi connectivity index (χ0) is 14.1. The van der Waals surface area contributed by atoms with Gasteiger partial charge in [0.1, 0.15) is 0 Å². The zero-order valence-electron chi connectivity index (χ0n) is 12.9. The Hall–Kier alpha value is -0.860. The van der Waals surface area contributed by atoms with Crippen molar-refractivity contribution in [3.63, 3.8) is 0 Å². The van der Waals surface area contributed by atoms with Gasteiger partial charge in [-0.3, -0.25) is 0 Å². The topological polar surface area (TPSA) is 29.3 Å². The van der Waals surface area contributed by atoms with Crippen molar-refractivity contribution in [2.24, 2.45) is 11.1 Å². The second-order valence-corrected chi connectivity index (χ2v) is 6.18. The van der Waals surface area contributed by atoms with Crippen LogP contribution in [0.25, 0.3) is 0 Å². The van der Waals surface area contributed by atoms with Gasteiger partial charge in [0.2, 0.25) is 0 Å². The molecule has 0 bridgehead atoms. The molecule has 2 heteroatoms. The third-order valence-electron chi connectivity index (χ3n) is 3.68. The summed E-state index contributed by atoms with van der Waals surface area (Å²) >= 11 is 0. The maximum absolute atomic E-state index is 5.81. The van der Waals surface area contributed by atoms with E-state index in [0.29, 0.717) is 0 Å². The van der Waals surface area contributed by atoms with E-state index >= 15 is 0 Å². The van der Waals surface area contributed by atoms with Gasteiger partial charge in [-0.15, -0.1) is 0 Å². The van der Waals surface area contributed by atoms with Crippen LogP contribution in [0.1, 0.15) is 39.2 Å². The molecule has 0 atom stereocenters. The molecule has 0 unspecified atom stereocenters. The Bertz CT molecular complexity index is 332. The van der Waals surface area contributed by atoms with Gasteiger partial charge in [-0.25, -0.2) is 0 Å².